The molecule has 122 valence electrons. The predicted molar refractivity (Wildman–Crippen MR) is 88.5 cm³/mol. The van der Waals surface area contributed by atoms with Gasteiger partial charge in [-0.25, -0.2) is 4.98 Å². The summed E-state index contributed by atoms with van der Waals surface area (Å²) < 4.78 is 10.8. The molecule has 4 rings (SSSR count). The first kappa shape index (κ1) is 14.7. The molecule has 5 heteroatoms. The summed E-state index contributed by atoms with van der Waals surface area (Å²) in [6.45, 7) is 5.02. The van der Waals surface area contributed by atoms with Crippen LogP contribution in [0.4, 0.5) is 0 Å². The largest absolute Gasteiger partial charge is 0.497 e. The summed E-state index contributed by atoms with van der Waals surface area (Å²) >= 11 is 0. The third-order valence-electron chi connectivity index (χ3n) is 4.79. The highest BCUT2D eigenvalue weighted by atomic mass is 16.5. The Morgan fingerprint density at radius 3 is 3.22 bits per heavy atom. The molecule has 2 aromatic rings. The maximum absolute atomic E-state index is 5.49. The Balaban J connectivity index is 1.50. The zero-order chi connectivity index (χ0) is 15.6. The smallest absolute Gasteiger partial charge is 0.137 e. The number of ether oxygens (including phenoxy) is 2. The lowest BCUT2D eigenvalue weighted by molar-refractivity contribution is 0.161. The molecule has 1 atom stereocenters. The second kappa shape index (κ2) is 6.34. The monoisotopic (exact) mass is 313 g/mol. The first-order chi connectivity index (χ1) is 11.3. The van der Waals surface area contributed by atoms with Crippen LogP contribution in [0.3, 0.4) is 0 Å². The van der Waals surface area contributed by atoms with Crippen molar-refractivity contribution in [3.8, 4) is 17.1 Å². The molecule has 1 saturated heterocycles. The van der Waals surface area contributed by atoms with Crippen molar-refractivity contribution in [3.63, 3.8) is 0 Å². The molecule has 0 aliphatic carbocycles. The molecular formula is C18H23N3O2. The van der Waals surface area contributed by atoms with Crippen molar-refractivity contribution in [1.82, 2.24) is 14.9 Å². The maximum atomic E-state index is 5.49. The van der Waals surface area contributed by atoms with Crippen LogP contribution in [0.25, 0.3) is 11.4 Å². The van der Waals surface area contributed by atoms with Gasteiger partial charge in [0.2, 0.25) is 0 Å². The minimum Gasteiger partial charge on any atom is -0.497 e. The minimum absolute atomic E-state index is 0.692. The Labute approximate surface area is 136 Å². The standard InChI is InChI=1S/C18H23N3O2/c1-22-15-4-2-3-14(9-15)18-19-16-5-7-21(11-17(16)20-18)10-13-6-8-23-12-13/h2-4,9,13H,5-8,10-12H2,1H3,(H,19,20). The van der Waals surface area contributed by atoms with Gasteiger partial charge in [0.1, 0.15) is 11.6 Å². The number of nitrogens with one attached hydrogen (secondary N) is 1. The average Bonchev–Trinajstić information content (AvgIpc) is 3.24. The van der Waals surface area contributed by atoms with Gasteiger partial charge >= 0.3 is 0 Å². The van der Waals surface area contributed by atoms with Gasteiger partial charge in [-0.3, -0.25) is 4.90 Å². The number of methoxy groups -OCH3 is 1. The van der Waals surface area contributed by atoms with E-state index in [0.717, 1.165) is 56.4 Å². The lowest BCUT2D eigenvalue weighted by Crippen LogP contribution is -2.34. The summed E-state index contributed by atoms with van der Waals surface area (Å²) in [7, 11) is 1.69. The summed E-state index contributed by atoms with van der Waals surface area (Å²) in [5.41, 5.74) is 3.55. The molecule has 1 aromatic carbocycles. The molecule has 23 heavy (non-hydrogen) atoms. The molecule has 1 fully saturated rings. The van der Waals surface area contributed by atoms with Gasteiger partial charge in [0.25, 0.3) is 0 Å². The number of rotatable bonds is 4. The van der Waals surface area contributed by atoms with E-state index in [2.05, 4.69) is 16.0 Å². The quantitative estimate of drug-likeness (QED) is 0.942. The number of H-pyrrole nitrogens is 1. The van der Waals surface area contributed by atoms with Crippen LogP contribution in [-0.2, 0) is 17.7 Å². The molecular weight excluding hydrogens is 290 g/mol. The van der Waals surface area contributed by atoms with Gasteiger partial charge in [0.15, 0.2) is 0 Å². The zero-order valence-corrected chi connectivity index (χ0v) is 13.5. The molecule has 1 aromatic heterocycles. The third-order valence-corrected chi connectivity index (χ3v) is 4.79. The topological polar surface area (TPSA) is 50.4 Å². The highest BCUT2D eigenvalue weighted by Crippen LogP contribution is 2.26. The van der Waals surface area contributed by atoms with Gasteiger partial charge in [0, 0.05) is 38.2 Å². The van der Waals surface area contributed by atoms with Gasteiger partial charge in [-0.05, 0) is 24.5 Å². The first-order valence-electron chi connectivity index (χ1n) is 8.34. The first-order valence-corrected chi connectivity index (χ1v) is 8.34. The highest BCUT2D eigenvalue weighted by Gasteiger charge is 2.24. The van der Waals surface area contributed by atoms with Crippen molar-refractivity contribution in [2.75, 3.05) is 33.4 Å². The molecule has 1 N–H and O–H groups in total. The van der Waals surface area contributed by atoms with Crippen LogP contribution >= 0.6 is 0 Å². The molecule has 0 spiro atoms. The summed E-state index contributed by atoms with van der Waals surface area (Å²) in [6.07, 6.45) is 2.21. The van der Waals surface area contributed by atoms with E-state index in [-0.39, 0.29) is 0 Å². The SMILES string of the molecule is COc1cccc(-c2nc3c([nH]2)CN(CC2CCOC2)CC3)c1. The second-order valence-electron chi connectivity index (χ2n) is 6.46. The van der Waals surface area contributed by atoms with Gasteiger partial charge in [-0.15, -0.1) is 0 Å². The number of imidazole rings is 1. The van der Waals surface area contributed by atoms with E-state index >= 15 is 0 Å². The maximum Gasteiger partial charge on any atom is 0.137 e. The van der Waals surface area contributed by atoms with Crippen LogP contribution < -0.4 is 4.74 Å². The van der Waals surface area contributed by atoms with Crippen molar-refractivity contribution in [1.29, 1.82) is 0 Å². The number of hydrogen-bond donors (Lipinski definition) is 1. The summed E-state index contributed by atoms with van der Waals surface area (Å²) in [5, 5.41) is 0. The van der Waals surface area contributed by atoms with E-state index in [1.165, 1.54) is 17.8 Å². The predicted octanol–water partition coefficient (Wildman–Crippen LogP) is 2.48. The normalized spacial score (nSPS) is 21.3. The summed E-state index contributed by atoms with van der Waals surface area (Å²) in [5.74, 6) is 2.50. The molecule has 1 unspecified atom stereocenters. The van der Waals surface area contributed by atoms with Gasteiger partial charge < -0.3 is 14.5 Å². The molecule has 2 aliphatic rings. The van der Waals surface area contributed by atoms with Crippen LogP contribution in [0.1, 0.15) is 17.8 Å². The highest BCUT2D eigenvalue weighted by molar-refractivity contribution is 5.58. The Kier molecular flexibility index (Phi) is 4.06. The number of fused-ring (bicyclic) bond motifs is 1. The molecule has 5 nitrogen and oxygen atoms in total. The fourth-order valence-electron chi connectivity index (χ4n) is 3.51. The summed E-state index contributed by atoms with van der Waals surface area (Å²) in [6, 6.07) is 8.05. The van der Waals surface area contributed by atoms with Crippen LogP contribution in [0, 0.1) is 5.92 Å². The van der Waals surface area contributed by atoms with Crippen molar-refractivity contribution in [3.05, 3.63) is 35.7 Å². The Morgan fingerprint density at radius 1 is 1.43 bits per heavy atom. The van der Waals surface area contributed by atoms with E-state index < -0.39 is 0 Å². The van der Waals surface area contributed by atoms with Crippen molar-refractivity contribution in [2.45, 2.75) is 19.4 Å². The van der Waals surface area contributed by atoms with Crippen molar-refractivity contribution in [2.24, 2.45) is 5.92 Å². The Bertz CT molecular complexity index is 677. The van der Waals surface area contributed by atoms with Gasteiger partial charge in [-0.1, -0.05) is 12.1 Å². The fourth-order valence-corrected chi connectivity index (χ4v) is 3.51. The number of nitrogens with zero attached hydrogens (tertiary/aromatic N) is 2. The van der Waals surface area contributed by atoms with E-state index in [1.54, 1.807) is 7.11 Å². The molecule has 3 heterocycles. The van der Waals surface area contributed by atoms with E-state index in [4.69, 9.17) is 14.5 Å². The number of benzene rings is 1. The Morgan fingerprint density at radius 2 is 2.39 bits per heavy atom. The van der Waals surface area contributed by atoms with E-state index in [0.29, 0.717) is 5.92 Å². The van der Waals surface area contributed by atoms with Crippen molar-refractivity contribution < 1.29 is 9.47 Å². The van der Waals surface area contributed by atoms with Gasteiger partial charge in [0.05, 0.1) is 25.1 Å². The second-order valence-corrected chi connectivity index (χ2v) is 6.46. The number of hydrogen-bond acceptors (Lipinski definition) is 4. The summed E-state index contributed by atoms with van der Waals surface area (Å²) in [4.78, 5) is 10.8. The molecule has 0 bridgehead atoms. The van der Waals surface area contributed by atoms with E-state index in [1.807, 2.05) is 18.2 Å². The average molecular weight is 313 g/mol. The fraction of sp³-hybridized carbons (Fsp3) is 0.500. The molecule has 0 radical (unpaired) electrons. The van der Waals surface area contributed by atoms with Crippen molar-refractivity contribution >= 4 is 0 Å². The van der Waals surface area contributed by atoms with E-state index in [9.17, 15) is 0 Å². The van der Waals surface area contributed by atoms with Crippen LogP contribution in [0.2, 0.25) is 0 Å². The Hall–Kier alpha value is -1.85. The van der Waals surface area contributed by atoms with Crippen LogP contribution in [0.5, 0.6) is 5.75 Å². The van der Waals surface area contributed by atoms with Crippen LogP contribution in [-0.4, -0.2) is 48.3 Å². The molecule has 0 amide bonds. The molecule has 0 saturated carbocycles. The minimum atomic E-state index is 0.692. The lowest BCUT2D eigenvalue weighted by atomic mass is 10.1. The number of aromatic nitrogens is 2. The third kappa shape index (κ3) is 3.12. The molecule has 2 aliphatic heterocycles. The zero-order valence-electron chi connectivity index (χ0n) is 13.5. The van der Waals surface area contributed by atoms with Crippen LogP contribution in [0.15, 0.2) is 24.3 Å². The van der Waals surface area contributed by atoms with Gasteiger partial charge in [-0.2, -0.15) is 0 Å². The lowest BCUT2D eigenvalue weighted by Gasteiger charge is -2.27. The number of aromatic amines is 1.